The van der Waals surface area contributed by atoms with E-state index in [2.05, 4.69) is 58.1 Å². The summed E-state index contributed by atoms with van der Waals surface area (Å²) in [5.41, 5.74) is 1.27. The molecule has 0 aliphatic carbocycles. The van der Waals surface area contributed by atoms with E-state index in [1.54, 1.807) is 7.05 Å². The minimum absolute atomic E-state index is 0.304. The predicted octanol–water partition coefficient (Wildman–Crippen LogP) is 3.09. The van der Waals surface area contributed by atoms with Crippen LogP contribution in [-0.4, -0.2) is 45.5 Å². The molecule has 2 aromatic carbocycles. The molecule has 3 rings (SSSR count). The smallest absolute Gasteiger partial charge is 0.191 e. The Hall–Kier alpha value is -2.11. The van der Waals surface area contributed by atoms with Gasteiger partial charge in [-0.25, -0.2) is 0 Å². The molecule has 0 radical (unpaired) electrons. The van der Waals surface area contributed by atoms with Gasteiger partial charge in [0.2, 0.25) is 0 Å². The van der Waals surface area contributed by atoms with Crippen LogP contribution < -0.4 is 10.6 Å². The van der Waals surface area contributed by atoms with E-state index in [9.17, 15) is 0 Å². The Labute approximate surface area is 155 Å². The number of nitrogens with one attached hydrogen (secondary N) is 2. The van der Waals surface area contributed by atoms with Crippen LogP contribution in [0, 0.1) is 0 Å². The zero-order valence-electron chi connectivity index (χ0n) is 15.5. The zero-order valence-corrected chi connectivity index (χ0v) is 15.5. The fourth-order valence-corrected chi connectivity index (χ4v) is 3.22. The number of rotatable bonds is 8. The molecular weight excluding hydrogens is 326 g/mol. The largest absolute Gasteiger partial charge is 0.379 e. The van der Waals surface area contributed by atoms with Crippen LogP contribution in [0.15, 0.2) is 47.5 Å². The number of guanidine groups is 1. The van der Waals surface area contributed by atoms with Gasteiger partial charge < -0.3 is 20.1 Å². The summed E-state index contributed by atoms with van der Waals surface area (Å²) < 4.78 is 11.2. The Balaban J connectivity index is 1.36. The first-order chi connectivity index (χ1) is 12.9. The second-order valence-corrected chi connectivity index (χ2v) is 6.55. The highest BCUT2D eigenvalue weighted by Crippen LogP contribution is 2.18. The Bertz CT molecular complexity index is 706. The molecule has 0 aromatic heterocycles. The van der Waals surface area contributed by atoms with E-state index in [0.717, 1.165) is 51.5 Å². The van der Waals surface area contributed by atoms with E-state index in [1.165, 1.54) is 16.3 Å². The number of nitrogens with zero attached hydrogens (tertiary/aromatic N) is 1. The third-order valence-electron chi connectivity index (χ3n) is 4.64. The molecule has 2 N–H and O–H groups in total. The SMILES string of the molecule is CN=C(NCCCOCC1CCCO1)NCc1cccc2ccccc12. The summed E-state index contributed by atoms with van der Waals surface area (Å²) in [6.45, 7) is 3.92. The van der Waals surface area contributed by atoms with Crippen molar-refractivity contribution in [2.75, 3.05) is 33.4 Å². The molecule has 1 unspecified atom stereocenters. The summed E-state index contributed by atoms with van der Waals surface area (Å²) in [7, 11) is 1.80. The molecule has 140 valence electrons. The molecule has 0 bridgehead atoms. The van der Waals surface area contributed by atoms with Crippen LogP contribution in [0.25, 0.3) is 10.8 Å². The molecule has 2 aromatic rings. The maximum absolute atomic E-state index is 5.69. The first-order valence-electron chi connectivity index (χ1n) is 9.47. The quantitative estimate of drug-likeness (QED) is 0.434. The number of hydrogen-bond acceptors (Lipinski definition) is 3. The molecule has 26 heavy (non-hydrogen) atoms. The molecule has 5 heteroatoms. The molecule has 1 aliphatic rings. The van der Waals surface area contributed by atoms with Crippen molar-refractivity contribution >= 4 is 16.7 Å². The van der Waals surface area contributed by atoms with Crippen LogP contribution in [0.4, 0.5) is 0 Å². The summed E-state index contributed by atoms with van der Waals surface area (Å²) in [5, 5.41) is 9.28. The van der Waals surface area contributed by atoms with Gasteiger partial charge in [0.25, 0.3) is 0 Å². The Kier molecular flexibility index (Phi) is 7.28. The molecule has 5 nitrogen and oxygen atoms in total. The number of benzene rings is 2. The van der Waals surface area contributed by atoms with Gasteiger partial charge in [0.05, 0.1) is 12.7 Å². The van der Waals surface area contributed by atoms with E-state index in [0.29, 0.717) is 12.7 Å². The fraction of sp³-hybridized carbons (Fsp3) is 0.476. The van der Waals surface area contributed by atoms with Crippen molar-refractivity contribution in [3.05, 3.63) is 48.0 Å². The summed E-state index contributed by atoms with van der Waals surface area (Å²) in [5.74, 6) is 0.817. The van der Waals surface area contributed by atoms with E-state index in [1.807, 2.05) is 0 Å². The van der Waals surface area contributed by atoms with Crippen molar-refractivity contribution in [1.29, 1.82) is 0 Å². The second-order valence-electron chi connectivity index (χ2n) is 6.55. The Morgan fingerprint density at radius 1 is 1.19 bits per heavy atom. The summed E-state index contributed by atoms with van der Waals surface area (Å²) in [6.07, 6.45) is 3.54. The molecule has 1 heterocycles. The average molecular weight is 355 g/mol. The molecule has 1 fully saturated rings. The summed E-state index contributed by atoms with van der Waals surface area (Å²) in [4.78, 5) is 4.30. The van der Waals surface area contributed by atoms with E-state index in [-0.39, 0.29) is 0 Å². The highest BCUT2D eigenvalue weighted by atomic mass is 16.5. The van der Waals surface area contributed by atoms with Crippen molar-refractivity contribution in [2.24, 2.45) is 4.99 Å². The second kappa shape index (κ2) is 10.1. The van der Waals surface area contributed by atoms with Crippen LogP contribution in [0.1, 0.15) is 24.8 Å². The number of aliphatic imine (C=N–C) groups is 1. The van der Waals surface area contributed by atoms with Gasteiger partial charge in [0.15, 0.2) is 5.96 Å². The molecule has 1 saturated heterocycles. The van der Waals surface area contributed by atoms with Crippen LogP contribution in [0.2, 0.25) is 0 Å². The van der Waals surface area contributed by atoms with Gasteiger partial charge in [0.1, 0.15) is 0 Å². The van der Waals surface area contributed by atoms with Gasteiger partial charge in [0, 0.05) is 33.4 Å². The van der Waals surface area contributed by atoms with Crippen molar-refractivity contribution in [1.82, 2.24) is 10.6 Å². The molecule has 0 amide bonds. The van der Waals surface area contributed by atoms with Crippen molar-refractivity contribution in [3.63, 3.8) is 0 Å². The maximum atomic E-state index is 5.69. The standard InChI is InChI=1S/C21H29N3O2/c1-22-21(23-12-6-13-25-16-19-10-5-14-26-19)24-15-18-9-4-8-17-7-2-3-11-20(17)18/h2-4,7-9,11,19H,5-6,10,12-16H2,1H3,(H2,22,23,24). The highest BCUT2D eigenvalue weighted by molar-refractivity contribution is 5.86. The highest BCUT2D eigenvalue weighted by Gasteiger charge is 2.14. The summed E-state index contributed by atoms with van der Waals surface area (Å²) >= 11 is 0. The zero-order chi connectivity index (χ0) is 18.0. The molecule has 0 spiro atoms. The average Bonchev–Trinajstić information content (AvgIpc) is 3.20. The van der Waals surface area contributed by atoms with Crippen LogP contribution in [0.3, 0.4) is 0 Å². The lowest BCUT2D eigenvalue weighted by molar-refractivity contribution is 0.0168. The Morgan fingerprint density at radius 3 is 2.92 bits per heavy atom. The Morgan fingerprint density at radius 2 is 2.08 bits per heavy atom. The van der Waals surface area contributed by atoms with Gasteiger partial charge >= 0.3 is 0 Å². The first-order valence-corrected chi connectivity index (χ1v) is 9.47. The molecule has 0 saturated carbocycles. The fourth-order valence-electron chi connectivity index (χ4n) is 3.22. The minimum Gasteiger partial charge on any atom is -0.379 e. The van der Waals surface area contributed by atoms with E-state index >= 15 is 0 Å². The van der Waals surface area contributed by atoms with E-state index in [4.69, 9.17) is 9.47 Å². The lowest BCUT2D eigenvalue weighted by Crippen LogP contribution is -2.37. The lowest BCUT2D eigenvalue weighted by Gasteiger charge is -2.14. The third-order valence-corrected chi connectivity index (χ3v) is 4.64. The first kappa shape index (κ1) is 18.7. The van der Waals surface area contributed by atoms with Gasteiger partial charge in [-0.15, -0.1) is 0 Å². The minimum atomic E-state index is 0.304. The lowest BCUT2D eigenvalue weighted by atomic mass is 10.0. The van der Waals surface area contributed by atoms with Gasteiger partial charge in [-0.3, -0.25) is 4.99 Å². The van der Waals surface area contributed by atoms with Crippen molar-refractivity contribution in [3.8, 4) is 0 Å². The van der Waals surface area contributed by atoms with Gasteiger partial charge in [-0.1, -0.05) is 42.5 Å². The number of hydrogen-bond donors (Lipinski definition) is 2. The van der Waals surface area contributed by atoms with E-state index < -0.39 is 0 Å². The third kappa shape index (κ3) is 5.44. The van der Waals surface area contributed by atoms with Crippen LogP contribution >= 0.6 is 0 Å². The molecular formula is C21H29N3O2. The predicted molar refractivity (Wildman–Crippen MR) is 107 cm³/mol. The van der Waals surface area contributed by atoms with Gasteiger partial charge in [-0.2, -0.15) is 0 Å². The van der Waals surface area contributed by atoms with Crippen molar-refractivity contribution < 1.29 is 9.47 Å². The van der Waals surface area contributed by atoms with Gasteiger partial charge in [-0.05, 0) is 35.6 Å². The number of fused-ring (bicyclic) bond motifs is 1. The van der Waals surface area contributed by atoms with Crippen molar-refractivity contribution in [2.45, 2.75) is 31.9 Å². The normalized spacial score (nSPS) is 17.6. The maximum Gasteiger partial charge on any atom is 0.191 e. The molecule has 1 aliphatic heterocycles. The van der Waals surface area contributed by atoms with Crippen LogP contribution in [0.5, 0.6) is 0 Å². The topological polar surface area (TPSA) is 54.9 Å². The monoisotopic (exact) mass is 355 g/mol. The van der Waals surface area contributed by atoms with Crippen LogP contribution in [-0.2, 0) is 16.0 Å². The number of ether oxygens (including phenoxy) is 2. The molecule has 1 atom stereocenters. The summed E-state index contributed by atoms with van der Waals surface area (Å²) in [6, 6.07) is 14.8.